The molecule has 0 aliphatic carbocycles. The van der Waals surface area contributed by atoms with Crippen molar-refractivity contribution in [1.29, 1.82) is 0 Å². The van der Waals surface area contributed by atoms with E-state index in [1.165, 1.54) is 0 Å². The molecule has 0 aliphatic rings. The van der Waals surface area contributed by atoms with Crippen molar-refractivity contribution in [3.63, 3.8) is 0 Å². The summed E-state index contributed by atoms with van der Waals surface area (Å²) < 4.78 is 2.00. The second-order valence-electron chi connectivity index (χ2n) is 3.28. The van der Waals surface area contributed by atoms with Gasteiger partial charge in [0.1, 0.15) is 5.82 Å². The molecule has 72 valence electrons. The molecule has 0 bridgehead atoms. The molecule has 0 radical (unpaired) electrons. The van der Waals surface area contributed by atoms with Crippen LogP contribution >= 0.6 is 0 Å². The van der Waals surface area contributed by atoms with Gasteiger partial charge < -0.3 is 10.3 Å². The Balaban J connectivity index is 2.47. The topological polar surface area (TPSA) is 43.8 Å². The average Bonchev–Trinajstić information content (AvgIpc) is 2.67. The van der Waals surface area contributed by atoms with Crippen LogP contribution in [0.25, 0.3) is 5.69 Å². The Bertz CT molecular complexity index is 403. The van der Waals surface area contributed by atoms with E-state index in [9.17, 15) is 0 Å². The van der Waals surface area contributed by atoms with Crippen LogP contribution < -0.4 is 5.73 Å². The maximum atomic E-state index is 5.81. The van der Waals surface area contributed by atoms with E-state index in [2.05, 4.69) is 4.98 Å². The summed E-state index contributed by atoms with van der Waals surface area (Å²) in [7, 11) is 0. The molecule has 0 amide bonds. The Labute approximate surface area is 83.2 Å². The highest BCUT2D eigenvalue weighted by molar-refractivity contribution is 5.33. The molecule has 0 saturated heterocycles. The molecule has 2 rings (SSSR count). The van der Waals surface area contributed by atoms with Gasteiger partial charge in [-0.15, -0.1) is 0 Å². The third kappa shape index (κ3) is 1.54. The summed E-state index contributed by atoms with van der Waals surface area (Å²) in [4.78, 5) is 4.23. The normalized spacial score (nSPS) is 12.7. The van der Waals surface area contributed by atoms with Gasteiger partial charge in [-0.3, -0.25) is 0 Å². The Kier molecular flexibility index (Phi) is 2.33. The zero-order valence-electron chi connectivity index (χ0n) is 8.09. The number of rotatable bonds is 2. The monoisotopic (exact) mass is 187 g/mol. The molecule has 0 unspecified atom stereocenters. The molecule has 3 nitrogen and oxygen atoms in total. The Morgan fingerprint density at radius 2 is 2.00 bits per heavy atom. The highest BCUT2D eigenvalue weighted by Gasteiger charge is 2.07. The van der Waals surface area contributed by atoms with E-state index in [1.807, 2.05) is 48.0 Å². The molecular weight excluding hydrogens is 174 g/mol. The predicted octanol–water partition coefficient (Wildman–Crippen LogP) is 1.89. The molecule has 3 heteroatoms. The first-order valence-corrected chi connectivity index (χ1v) is 4.63. The molecule has 0 saturated carbocycles. The van der Waals surface area contributed by atoms with Gasteiger partial charge in [0.2, 0.25) is 0 Å². The molecule has 0 aliphatic heterocycles. The van der Waals surface area contributed by atoms with E-state index in [0.717, 1.165) is 11.5 Å². The van der Waals surface area contributed by atoms with Crippen molar-refractivity contribution in [3.8, 4) is 5.69 Å². The van der Waals surface area contributed by atoms with E-state index in [4.69, 9.17) is 5.73 Å². The number of nitrogens with zero attached hydrogens (tertiary/aromatic N) is 2. The smallest absolute Gasteiger partial charge is 0.129 e. The number of imidazole rings is 1. The molecule has 1 aromatic carbocycles. The Morgan fingerprint density at radius 3 is 2.64 bits per heavy atom. The van der Waals surface area contributed by atoms with Crippen LogP contribution in [0.5, 0.6) is 0 Å². The lowest BCUT2D eigenvalue weighted by Gasteiger charge is -2.09. The number of nitrogens with two attached hydrogens (primary N) is 1. The quantitative estimate of drug-likeness (QED) is 0.780. The molecule has 14 heavy (non-hydrogen) atoms. The fourth-order valence-corrected chi connectivity index (χ4v) is 1.46. The summed E-state index contributed by atoms with van der Waals surface area (Å²) in [5.41, 5.74) is 6.91. The van der Waals surface area contributed by atoms with Crippen molar-refractivity contribution < 1.29 is 0 Å². The minimum Gasteiger partial charge on any atom is -0.322 e. The lowest BCUT2D eigenvalue weighted by molar-refractivity contribution is 0.720. The molecular formula is C11H13N3. The van der Waals surface area contributed by atoms with E-state index in [-0.39, 0.29) is 6.04 Å². The second-order valence-corrected chi connectivity index (χ2v) is 3.28. The van der Waals surface area contributed by atoms with Gasteiger partial charge in [0, 0.05) is 18.1 Å². The van der Waals surface area contributed by atoms with Crippen LogP contribution in [0.2, 0.25) is 0 Å². The highest BCUT2D eigenvalue weighted by atomic mass is 15.1. The second kappa shape index (κ2) is 3.64. The minimum atomic E-state index is -0.0507. The van der Waals surface area contributed by atoms with Crippen molar-refractivity contribution in [2.45, 2.75) is 13.0 Å². The highest BCUT2D eigenvalue weighted by Crippen LogP contribution is 2.13. The van der Waals surface area contributed by atoms with E-state index >= 15 is 0 Å². The van der Waals surface area contributed by atoms with Crippen LogP contribution in [0.4, 0.5) is 0 Å². The summed E-state index contributed by atoms with van der Waals surface area (Å²) in [6, 6.07) is 10.0. The molecule has 2 N–H and O–H groups in total. The van der Waals surface area contributed by atoms with Crippen LogP contribution in [0.15, 0.2) is 42.7 Å². The van der Waals surface area contributed by atoms with Gasteiger partial charge in [0.15, 0.2) is 0 Å². The van der Waals surface area contributed by atoms with Crippen molar-refractivity contribution in [1.82, 2.24) is 9.55 Å². The van der Waals surface area contributed by atoms with E-state index in [0.29, 0.717) is 0 Å². The molecule has 2 aromatic rings. The first kappa shape index (κ1) is 8.97. The van der Waals surface area contributed by atoms with Gasteiger partial charge in [-0.05, 0) is 19.1 Å². The van der Waals surface area contributed by atoms with Crippen LogP contribution in [0.3, 0.4) is 0 Å². The Morgan fingerprint density at radius 1 is 1.29 bits per heavy atom. The fourth-order valence-electron chi connectivity index (χ4n) is 1.46. The summed E-state index contributed by atoms with van der Waals surface area (Å²) in [5.74, 6) is 0.885. The number of aromatic nitrogens is 2. The first-order valence-electron chi connectivity index (χ1n) is 4.63. The molecule has 1 atom stereocenters. The summed E-state index contributed by atoms with van der Waals surface area (Å²) >= 11 is 0. The molecule has 0 spiro atoms. The zero-order chi connectivity index (χ0) is 9.97. The van der Waals surface area contributed by atoms with Crippen LogP contribution in [-0.4, -0.2) is 9.55 Å². The van der Waals surface area contributed by atoms with Crippen molar-refractivity contribution in [2.75, 3.05) is 0 Å². The van der Waals surface area contributed by atoms with Gasteiger partial charge in [0.05, 0.1) is 6.04 Å². The van der Waals surface area contributed by atoms with Crippen molar-refractivity contribution in [2.24, 2.45) is 5.73 Å². The third-order valence-electron chi connectivity index (χ3n) is 2.11. The molecule has 0 fully saturated rings. The Hall–Kier alpha value is -1.61. The molecule has 1 heterocycles. The van der Waals surface area contributed by atoms with Crippen molar-refractivity contribution in [3.05, 3.63) is 48.5 Å². The minimum absolute atomic E-state index is 0.0507. The van der Waals surface area contributed by atoms with Gasteiger partial charge in [0.25, 0.3) is 0 Å². The zero-order valence-corrected chi connectivity index (χ0v) is 8.09. The predicted molar refractivity (Wildman–Crippen MR) is 56.2 cm³/mol. The lowest BCUT2D eigenvalue weighted by Crippen LogP contribution is -2.11. The van der Waals surface area contributed by atoms with Crippen LogP contribution in [-0.2, 0) is 0 Å². The SMILES string of the molecule is C[C@H](N)c1nccn1-c1ccccc1. The van der Waals surface area contributed by atoms with E-state index < -0.39 is 0 Å². The van der Waals surface area contributed by atoms with Gasteiger partial charge >= 0.3 is 0 Å². The largest absolute Gasteiger partial charge is 0.322 e. The number of hydrogen-bond acceptors (Lipinski definition) is 2. The number of para-hydroxylation sites is 1. The van der Waals surface area contributed by atoms with Gasteiger partial charge in [-0.2, -0.15) is 0 Å². The number of benzene rings is 1. The maximum Gasteiger partial charge on any atom is 0.129 e. The van der Waals surface area contributed by atoms with Gasteiger partial charge in [-0.1, -0.05) is 18.2 Å². The lowest BCUT2D eigenvalue weighted by atomic mass is 10.3. The number of hydrogen-bond donors (Lipinski definition) is 1. The molecule has 1 aromatic heterocycles. The van der Waals surface area contributed by atoms with Crippen LogP contribution in [0.1, 0.15) is 18.8 Å². The first-order chi connectivity index (χ1) is 6.79. The van der Waals surface area contributed by atoms with Crippen molar-refractivity contribution >= 4 is 0 Å². The van der Waals surface area contributed by atoms with E-state index in [1.54, 1.807) is 6.20 Å². The van der Waals surface area contributed by atoms with Gasteiger partial charge in [-0.25, -0.2) is 4.98 Å². The summed E-state index contributed by atoms with van der Waals surface area (Å²) in [6.07, 6.45) is 3.69. The third-order valence-corrected chi connectivity index (χ3v) is 2.11. The summed E-state index contributed by atoms with van der Waals surface area (Å²) in [6.45, 7) is 1.93. The standard InChI is InChI=1S/C11H13N3/c1-9(12)11-13-7-8-14(11)10-5-3-2-4-6-10/h2-9H,12H2,1H3/t9-/m0/s1. The van der Waals surface area contributed by atoms with Crippen LogP contribution in [0, 0.1) is 0 Å². The summed E-state index contributed by atoms with van der Waals surface area (Å²) in [5, 5.41) is 0. The maximum absolute atomic E-state index is 5.81. The fraction of sp³-hybridized carbons (Fsp3) is 0.182. The average molecular weight is 187 g/mol.